The number of phenols is 1. The molecule has 0 heterocycles. The Kier molecular flexibility index (Phi) is 4.71. The van der Waals surface area contributed by atoms with E-state index in [0.717, 1.165) is 5.56 Å². The number of aromatic hydroxyl groups is 1. The Hall–Kier alpha value is -3.17. The van der Waals surface area contributed by atoms with Crippen LogP contribution in [0.15, 0.2) is 34.8 Å². The molecule has 1 amide bonds. The Bertz CT molecular complexity index is 1100. The number of hydrogen-bond donors (Lipinski definition) is 5. The first-order valence-corrected chi connectivity index (χ1v) is 9.94. The van der Waals surface area contributed by atoms with Crippen LogP contribution in [-0.4, -0.2) is 62.5 Å². The summed E-state index contributed by atoms with van der Waals surface area (Å²) < 4.78 is 0. The molecule has 0 spiro atoms. The molecule has 31 heavy (non-hydrogen) atoms. The minimum Gasteiger partial charge on any atom is -0.511 e. The largest absolute Gasteiger partial charge is 0.511 e. The van der Waals surface area contributed by atoms with Crippen LogP contribution in [0.1, 0.15) is 34.3 Å². The highest BCUT2D eigenvalue weighted by Gasteiger charge is 2.59. The highest BCUT2D eigenvalue weighted by atomic mass is 16.3. The first-order valence-electron chi connectivity index (χ1n) is 9.94. The highest BCUT2D eigenvalue weighted by Crippen LogP contribution is 2.51. The number of aliphatic hydroxyl groups excluding tert-OH is 2. The van der Waals surface area contributed by atoms with Gasteiger partial charge in [0.1, 0.15) is 22.8 Å². The van der Waals surface area contributed by atoms with Gasteiger partial charge in [-0.25, -0.2) is 0 Å². The van der Waals surface area contributed by atoms with Crippen LogP contribution in [0.25, 0.3) is 0 Å². The van der Waals surface area contributed by atoms with E-state index in [1.165, 1.54) is 6.07 Å². The van der Waals surface area contributed by atoms with Crippen LogP contribution in [0.4, 0.5) is 0 Å². The third-order valence-corrected chi connectivity index (χ3v) is 6.53. The first-order chi connectivity index (χ1) is 14.5. The van der Waals surface area contributed by atoms with Gasteiger partial charge in [0.25, 0.3) is 5.91 Å². The predicted octanol–water partition coefficient (Wildman–Crippen LogP) is 0.642. The van der Waals surface area contributed by atoms with Crippen LogP contribution in [0.2, 0.25) is 0 Å². The summed E-state index contributed by atoms with van der Waals surface area (Å²) >= 11 is 0. The number of fused-ring (bicyclic) bond motifs is 3. The van der Waals surface area contributed by atoms with Crippen LogP contribution in [0.5, 0.6) is 5.75 Å². The van der Waals surface area contributed by atoms with Gasteiger partial charge < -0.3 is 31.1 Å². The number of nitrogens with zero attached hydrogens (tertiary/aromatic N) is 1. The highest BCUT2D eigenvalue weighted by molar-refractivity contribution is 6.24. The summed E-state index contributed by atoms with van der Waals surface area (Å²) in [5.41, 5.74) is 3.27. The van der Waals surface area contributed by atoms with E-state index >= 15 is 0 Å². The van der Waals surface area contributed by atoms with Gasteiger partial charge in [0.2, 0.25) is 5.78 Å². The molecule has 0 aromatic heterocycles. The summed E-state index contributed by atoms with van der Waals surface area (Å²) in [7, 11) is 3.75. The average molecular weight is 428 g/mol. The lowest BCUT2D eigenvalue weighted by molar-refractivity contribution is -0.144. The fourth-order valence-corrected chi connectivity index (χ4v) is 5.17. The molecule has 4 rings (SSSR count). The number of allylic oxidation sites excluding steroid dienone is 2. The van der Waals surface area contributed by atoms with Gasteiger partial charge in [-0.15, -0.1) is 0 Å². The van der Waals surface area contributed by atoms with E-state index in [2.05, 4.69) is 0 Å². The maximum atomic E-state index is 13.4. The summed E-state index contributed by atoms with van der Waals surface area (Å²) in [5.74, 6) is -6.18. The molecule has 9 nitrogen and oxygen atoms in total. The van der Waals surface area contributed by atoms with Gasteiger partial charge >= 0.3 is 0 Å². The van der Waals surface area contributed by atoms with Crippen molar-refractivity contribution in [2.45, 2.75) is 31.4 Å². The molecule has 1 aromatic rings. The monoisotopic (exact) mass is 428 g/mol. The Morgan fingerprint density at radius 1 is 1.19 bits per heavy atom. The van der Waals surface area contributed by atoms with Crippen molar-refractivity contribution < 1.29 is 34.8 Å². The molecule has 0 saturated heterocycles. The Morgan fingerprint density at radius 2 is 1.87 bits per heavy atom. The first kappa shape index (κ1) is 21.1. The quantitative estimate of drug-likeness (QED) is 0.438. The number of rotatable bonds is 3. The fourth-order valence-electron chi connectivity index (χ4n) is 5.17. The van der Waals surface area contributed by atoms with Crippen molar-refractivity contribution in [1.29, 1.82) is 0 Å². The minimum absolute atomic E-state index is 0.0379. The SMILES string of the molecule is CN(C)Cc1ccc(O)c2c1CC1C[C@H]3CC(O)=C(C(N)=O)C(=O)[C@@]3(O)C(O)=C1C2=O. The number of benzene rings is 1. The summed E-state index contributed by atoms with van der Waals surface area (Å²) in [4.78, 5) is 39.8. The summed E-state index contributed by atoms with van der Waals surface area (Å²) in [6, 6.07) is 3.15. The van der Waals surface area contributed by atoms with Crippen molar-refractivity contribution in [3.05, 3.63) is 51.5 Å². The van der Waals surface area contributed by atoms with Crippen LogP contribution in [0, 0.1) is 11.8 Å². The van der Waals surface area contributed by atoms with Crippen molar-refractivity contribution in [3.63, 3.8) is 0 Å². The zero-order valence-electron chi connectivity index (χ0n) is 17.2. The number of hydrogen-bond acceptors (Lipinski definition) is 8. The minimum atomic E-state index is -2.54. The van der Waals surface area contributed by atoms with Gasteiger partial charge in [0.15, 0.2) is 11.4 Å². The van der Waals surface area contributed by atoms with E-state index in [-0.39, 0.29) is 29.7 Å². The van der Waals surface area contributed by atoms with Gasteiger partial charge in [-0.1, -0.05) is 6.07 Å². The fraction of sp³-hybridized carbons (Fsp3) is 0.409. The molecule has 1 unspecified atom stereocenters. The molecule has 3 aliphatic carbocycles. The second kappa shape index (κ2) is 6.93. The van der Waals surface area contributed by atoms with Crippen LogP contribution in [-0.2, 0) is 22.6 Å². The summed E-state index contributed by atoms with van der Waals surface area (Å²) in [6.45, 7) is 0.533. The van der Waals surface area contributed by atoms with E-state index in [0.29, 0.717) is 18.5 Å². The molecular weight excluding hydrogens is 404 g/mol. The zero-order chi connectivity index (χ0) is 22.8. The standard InChI is InChI=1S/C22H24N2O7/c1-24(2)8-9-3-4-13(25)16-12(9)6-10-5-11-7-14(26)17(21(23)30)20(29)22(11,31)19(28)15(10)18(16)27/h3-4,10-11,25-26,28,31H,5-8H2,1-2H3,(H2,23,30)/t10?,11-,22-/m0/s1. The zero-order valence-corrected chi connectivity index (χ0v) is 17.2. The second-order valence-corrected chi connectivity index (χ2v) is 8.75. The number of ketones is 2. The lowest BCUT2D eigenvalue weighted by atomic mass is 9.60. The molecule has 1 aromatic carbocycles. The molecule has 3 atom stereocenters. The van der Waals surface area contributed by atoms with Crippen molar-refractivity contribution >= 4 is 17.5 Å². The molecule has 0 saturated carbocycles. The normalized spacial score (nSPS) is 27.9. The third-order valence-electron chi connectivity index (χ3n) is 6.53. The van der Waals surface area contributed by atoms with Gasteiger partial charge in [-0.2, -0.15) is 0 Å². The molecule has 3 aliphatic rings. The smallest absolute Gasteiger partial charge is 0.255 e. The molecule has 9 heteroatoms. The average Bonchev–Trinajstić information content (AvgIpc) is 2.66. The Labute approximate surface area is 178 Å². The van der Waals surface area contributed by atoms with Crippen molar-refractivity contribution in [2.75, 3.05) is 14.1 Å². The number of primary amides is 1. The van der Waals surface area contributed by atoms with Gasteiger partial charge in [-0.05, 0) is 50.0 Å². The molecule has 0 radical (unpaired) electrons. The molecular formula is C22H24N2O7. The van der Waals surface area contributed by atoms with Gasteiger partial charge in [0.05, 0.1) is 5.56 Å². The molecule has 6 N–H and O–H groups in total. The lowest BCUT2D eigenvalue weighted by Gasteiger charge is -2.45. The topological polar surface area (TPSA) is 161 Å². The Balaban J connectivity index is 1.89. The molecule has 164 valence electrons. The number of carbonyl (C=O) groups excluding carboxylic acids is 3. The van der Waals surface area contributed by atoms with Crippen LogP contribution >= 0.6 is 0 Å². The van der Waals surface area contributed by atoms with Crippen LogP contribution < -0.4 is 5.73 Å². The van der Waals surface area contributed by atoms with E-state index in [9.17, 15) is 34.8 Å². The van der Waals surface area contributed by atoms with E-state index in [1.54, 1.807) is 6.07 Å². The molecule has 0 aliphatic heterocycles. The van der Waals surface area contributed by atoms with Crippen LogP contribution in [0.3, 0.4) is 0 Å². The molecule has 0 bridgehead atoms. The predicted molar refractivity (Wildman–Crippen MR) is 108 cm³/mol. The summed E-state index contributed by atoms with van der Waals surface area (Å²) in [6.07, 6.45) is 0.200. The maximum Gasteiger partial charge on any atom is 0.255 e. The van der Waals surface area contributed by atoms with E-state index < -0.39 is 52.0 Å². The number of phenolic OH excluding ortho intramolecular Hbond substituents is 1. The third kappa shape index (κ3) is 2.88. The maximum absolute atomic E-state index is 13.4. The number of Topliss-reactive ketones (excluding diaryl/α,β-unsaturated/α-hetero) is 2. The molecule has 0 fully saturated rings. The number of amides is 1. The number of carbonyl (C=O) groups is 3. The number of nitrogens with two attached hydrogens (primary N) is 1. The second-order valence-electron chi connectivity index (χ2n) is 8.75. The van der Waals surface area contributed by atoms with Crippen molar-refractivity contribution in [3.8, 4) is 5.75 Å². The number of aliphatic hydroxyl groups is 3. The van der Waals surface area contributed by atoms with E-state index in [4.69, 9.17) is 5.73 Å². The van der Waals surface area contributed by atoms with Crippen molar-refractivity contribution in [2.24, 2.45) is 17.6 Å². The van der Waals surface area contributed by atoms with Gasteiger partial charge in [-0.3, -0.25) is 14.4 Å². The Morgan fingerprint density at radius 3 is 2.48 bits per heavy atom. The summed E-state index contributed by atoms with van der Waals surface area (Å²) in [5, 5.41) is 42.7. The van der Waals surface area contributed by atoms with E-state index in [1.807, 2.05) is 19.0 Å². The van der Waals surface area contributed by atoms with Crippen molar-refractivity contribution in [1.82, 2.24) is 4.90 Å². The lowest BCUT2D eigenvalue weighted by Crippen LogP contribution is -2.57. The van der Waals surface area contributed by atoms with Gasteiger partial charge in [0, 0.05) is 24.5 Å².